The summed E-state index contributed by atoms with van der Waals surface area (Å²) in [4.78, 5) is 6.92. The molecule has 0 aromatic carbocycles. The molecule has 0 spiro atoms. The van der Waals surface area contributed by atoms with Crippen LogP contribution in [0.1, 0.15) is 53.4 Å². The number of nitrogens with zero attached hydrogens (tertiary/aromatic N) is 2. The number of nitrogens with one attached hydrogen (secondary N) is 2. The van der Waals surface area contributed by atoms with Crippen molar-refractivity contribution in [3.8, 4) is 0 Å². The van der Waals surface area contributed by atoms with E-state index in [0.29, 0.717) is 0 Å². The van der Waals surface area contributed by atoms with E-state index in [1.54, 1.807) is 0 Å². The lowest BCUT2D eigenvalue weighted by Crippen LogP contribution is -2.56. The van der Waals surface area contributed by atoms with Gasteiger partial charge in [0.25, 0.3) is 0 Å². The highest BCUT2D eigenvalue weighted by atomic mass is 127. The summed E-state index contributed by atoms with van der Waals surface area (Å²) in [6.45, 7) is 13.6. The SMILES string of the molecule is CCCCNC(=NC)NCC(C)(C)N1CCCC(C)C1.I. The normalized spacial score (nSPS) is 20.8. The average Bonchev–Trinajstić information content (AvgIpc) is 2.42. The van der Waals surface area contributed by atoms with E-state index in [-0.39, 0.29) is 29.5 Å². The van der Waals surface area contributed by atoms with Crippen molar-refractivity contribution in [3.63, 3.8) is 0 Å². The largest absolute Gasteiger partial charge is 0.356 e. The highest BCUT2D eigenvalue weighted by Crippen LogP contribution is 2.23. The lowest BCUT2D eigenvalue weighted by molar-refractivity contribution is 0.0739. The van der Waals surface area contributed by atoms with Crippen LogP contribution in [0.5, 0.6) is 0 Å². The van der Waals surface area contributed by atoms with Crippen molar-refractivity contribution in [2.75, 3.05) is 33.2 Å². The predicted molar refractivity (Wildman–Crippen MR) is 104 cm³/mol. The first-order chi connectivity index (χ1) is 9.49. The molecule has 1 atom stereocenters. The first-order valence-corrected chi connectivity index (χ1v) is 8.19. The highest BCUT2D eigenvalue weighted by Gasteiger charge is 2.30. The van der Waals surface area contributed by atoms with E-state index in [4.69, 9.17) is 0 Å². The summed E-state index contributed by atoms with van der Waals surface area (Å²) < 4.78 is 0. The van der Waals surface area contributed by atoms with E-state index in [9.17, 15) is 0 Å². The zero-order valence-electron chi connectivity index (χ0n) is 14.5. The van der Waals surface area contributed by atoms with Crippen molar-refractivity contribution in [1.82, 2.24) is 15.5 Å². The maximum absolute atomic E-state index is 4.30. The minimum absolute atomic E-state index is 0. The third-order valence-electron chi connectivity index (χ3n) is 4.25. The predicted octanol–water partition coefficient (Wildman–Crippen LogP) is 3.08. The summed E-state index contributed by atoms with van der Waals surface area (Å²) >= 11 is 0. The Morgan fingerprint density at radius 3 is 2.62 bits per heavy atom. The molecular weight excluding hydrogens is 375 g/mol. The van der Waals surface area contributed by atoms with Crippen LogP contribution in [0.25, 0.3) is 0 Å². The van der Waals surface area contributed by atoms with Gasteiger partial charge in [-0.1, -0.05) is 20.3 Å². The Balaban J connectivity index is 0.00000400. The van der Waals surface area contributed by atoms with Crippen molar-refractivity contribution in [1.29, 1.82) is 0 Å². The van der Waals surface area contributed by atoms with Crippen LogP contribution in [-0.4, -0.2) is 49.6 Å². The van der Waals surface area contributed by atoms with Gasteiger partial charge in [-0.25, -0.2) is 0 Å². The molecule has 5 heteroatoms. The topological polar surface area (TPSA) is 39.7 Å². The summed E-state index contributed by atoms with van der Waals surface area (Å²) in [7, 11) is 1.84. The third-order valence-corrected chi connectivity index (χ3v) is 4.25. The molecule has 0 bridgehead atoms. The lowest BCUT2D eigenvalue weighted by atomic mass is 9.93. The molecule has 21 heavy (non-hydrogen) atoms. The van der Waals surface area contributed by atoms with Gasteiger partial charge >= 0.3 is 0 Å². The molecule has 0 aromatic rings. The maximum Gasteiger partial charge on any atom is 0.191 e. The number of likely N-dealkylation sites (tertiary alicyclic amines) is 1. The van der Waals surface area contributed by atoms with E-state index in [1.807, 2.05) is 7.05 Å². The first kappa shape index (κ1) is 21.0. The first-order valence-electron chi connectivity index (χ1n) is 8.19. The second-order valence-corrected chi connectivity index (χ2v) is 6.71. The summed E-state index contributed by atoms with van der Waals surface area (Å²) in [5, 5.41) is 6.85. The fourth-order valence-electron chi connectivity index (χ4n) is 2.76. The van der Waals surface area contributed by atoms with Gasteiger partial charge in [-0.05, 0) is 45.6 Å². The van der Waals surface area contributed by atoms with Gasteiger partial charge in [-0.3, -0.25) is 9.89 Å². The van der Waals surface area contributed by atoms with Crippen LogP contribution in [0.3, 0.4) is 0 Å². The number of hydrogen-bond acceptors (Lipinski definition) is 2. The second kappa shape index (κ2) is 10.6. The standard InChI is InChI=1S/C16H34N4.HI/c1-6-7-10-18-15(17-5)19-13-16(3,4)20-11-8-9-14(2)12-20;/h14H,6-13H2,1-5H3,(H2,17,18,19);1H. The smallest absolute Gasteiger partial charge is 0.191 e. The van der Waals surface area contributed by atoms with Crippen molar-refractivity contribution < 1.29 is 0 Å². The molecule has 0 amide bonds. The van der Waals surface area contributed by atoms with Gasteiger partial charge in [0.2, 0.25) is 0 Å². The average molecular weight is 410 g/mol. The number of hydrogen-bond donors (Lipinski definition) is 2. The van der Waals surface area contributed by atoms with Crippen molar-refractivity contribution >= 4 is 29.9 Å². The van der Waals surface area contributed by atoms with Crippen LogP contribution in [0.4, 0.5) is 0 Å². The van der Waals surface area contributed by atoms with Crippen molar-refractivity contribution in [3.05, 3.63) is 0 Å². The summed E-state index contributed by atoms with van der Waals surface area (Å²) in [5.74, 6) is 1.75. The Morgan fingerprint density at radius 1 is 1.33 bits per heavy atom. The number of halogens is 1. The molecule has 1 rings (SSSR count). The Morgan fingerprint density at radius 2 is 2.05 bits per heavy atom. The van der Waals surface area contributed by atoms with E-state index >= 15 is 0 Å². The van der Waals surface area contributed by atoms with Crippen LogP contribution in [0.15, 0.2) is 4.99 Å². The van der Waals surface area contributed by atoms with Crippen molar-refractivity contribution in [2.24, 2.45) is 10.9 Å². The van der Waals surface area contributed by atoms with E-state index in [0.717, 1.165) is 25.0 Å². The van der Waals surface area contributed by atoms with E-state index in [2.05, 4.69) is 48.2 Å². The maximum atomic E-state index is 4.30. The molecule has 0 aliphatic carbocycles. The summed E-state index contributed by atoms with van der Waals surface area (Å²) in [6, 6.07) is 0. The molecule has 1 saturated heterocycles. The van der Waals surface area contributed by atoms with Crippen molar-refractivity contribution in [2.45, 2.75) is 58.9 Å². The molecule has 4 nitrogen and oxygen atoms in total. The molecule has 1 fully saturated rings. The Hall–Kier alpha value is -0.0400. The molecular formula is C16H35IN4. The molecule has 2 N–H and O–H groups in total. The van der Waals surface area contributed by atoms with Crippen LogP contribution < -0.4 is 10.6 Å². The van der Waals surface area contributed by atoms with Crippen LogP contribution >= 0.6 is 24.0 Å². The second-order valence-electron chi connectivity index (χ2n) is 6.71. The number of guanidine groups is 1. The van der Waals surface area contributed by atoms with Gasteiger partial charge in [0.15, 0.2) is 5.96 Å². The molecule has 1 unspecified atom stereocenters. The quantitative estimate of drug-likeness (QED) is 0.306. The zero-order chi connectivity index (χ0) is 15.0. The molecule has 0 saturated carbocycles. The molecule has 0 aromatic heterocycles. The third kappa shape index (κ3) is 7.68. The summed E-state index contributed by atoms with van der Waals surface area (Å²) in [5.41, 5.74) is 0.178. The fraction of sp³-hybridized carbons (Fsp3) is 0.938. The van der Waals surface area contributed by atoms with E-state index in [1.165, 1.54) is 38.8 Å². The van der Waals surface area contributed by atoms with E-state index < -0.39 is 0 Å². The van der Waals surface area contributed by atoms with Crippen LogP contribution in [-0.2, 0) is 0 Å². The minimum Gasteiger partial charge on any atom is -0.356 e. The molecule has 1 heterocycles. The Bertz CT molecular complexity index is 305. The van der Waals surface area contributed by atoms with Gasteiger partial charge in [-0.2, -0.15) is 0 Å². The zero-order valence-corrected chi connectivity index (χ0v) is 16.9. The van der Waals surface area contributed by atoms with Crippen LogP contribution in [0.2, 0.25) is 0 Å². The number of aliphatic imine (C=N–C) groups is 1. The number of piperidine rings is 1. The molecule has 1 aliphatic rings. The highest BCUT2D eigenvalue weighted by molar-refractivity contribution is 14.0. The Kier molecular flexibility index (Phi) is 10.6. The minimum atomic E-state index is 0. The molecule has 0 radical (unpaired) electrons. The van der Waals surface area contributed by atoms with Gasteiger partial charge in [0.05, 0.1) is 0 Å². The van der Waals surface area contributed by atoms with Gasteiger partial charge in [-0.15, -0.1) is 24.0 Å². The molecule has 126 valence electrons. The fourth-order valence-corrected chi connectivity index (χ4v) is 2.76. The van der Waals surface area contributed by atoms with Gasteiger partial charge in [0, 0.05) is 32.2 Å². The van der Waals surface area contributed by atoms with Gasteiger partial charge in [0.1, 0.15) is 0 Å². The monoisotopic (exact) mass is 410 g/mol. The Labute approximate surface area is 148 Å². The summed E-state index contributed by atoms with van der Waals surface area (Å²) in [6.07, 6.45) is 5.10. The molecule has 1 aliphatic heterocycles. The lowest BCUT2D eigenvalue weighted by Gasteiger charge is -2.43. The van der Waals surface area contributed by atoms with Crippen LogP contribution in [0, 0.1) is 5.92 Å². The number of rotatable bonds is 6. The van der Waals surface area contributed by atoms with Gasteiger partial charge < -0.3 is 10.6 Å². The number of unbranched alkanes of at least 4 members (excludes halogenated alkanes) is 1.